The number of amides is 1. The molecule has 0 spiro atoms. The maximum absolute atomic E-state index is 11.4. The summed E-state index contributed by atoms with van der Waals surface area (Å²) in [6, 6.07) is -0.218. The highest BCUT2D eigenvalue weighted by Crippen LogP contribution is 2.30. The average molecular weight is 214 g/mol. The molecule has 1 saturated heterocycles. The molecule has 1 rings (SSSR count). The Morgan fingerprint density at radius 1 is 1.53 bits per heavy atom. The van der Waals surface area contributed by atoms with E-state index in [4.69, 9.17) is 5.73 Å². The normalized spacial score (nSPS) is 21.9. The van der Waals surface area contributed by atoms with Crippen LogP contribution in [-0.4, -0.2) is 42.0 Å². The average Bonchev–Trinajstić information content (AvgIpc) is 1.97. The van der Waals surface area contributed by atoms with Gasteiger partial charge in [0, 0.05) is 18.5 Å². The topological polar surface area (TPSA) is 72.6 Å². The van der Waals surface area contributed by atoms with Crippen molar-refractivity contribution in [2.24, 2.45) is 5.73 Å². The minimum atomic E-state index is -0.372. The lowest BCUT2D eigenvalue weighted by Crippen LogP contribution is -2.62. The number of primary amides is 1. The first-order valence-electron chi connectivity index (χ1n) is 5.01. The van der Waals surface area contributed by atoms with Gasteiger partial charge in [-0.2, -0.15) is 0 Å². The first-order chi connectivity index (χ1) is 6.88. The summed E-state index contributed by atoms with van der Waals surface area (Å²) in [4.78, 5) is 24.2. The largest absolute Gasteiger partial charge is 0.468 e. The smallest absolute Gasteiger partial charge is 0.323 e. The van der Waals surface area contributed by atoms with Gasteiger partial charge in [0.1, 0.15) is 6.04 Å². The second-order valence-electron chi connectivity index (χ2n) is 4.48. The summed E-state index contributed by atoms with van der Waals surface area (Å²) < 4.78 is 4.69. The molecule has 5 heteroatoms. The van der Waals surface area contributed by atoms with E-state index in [-0.39, 0.29) is 29.9 Å². The Balaban J connectivity index is 2.64. The van der Waals surface area contributed by atoms with Crippen molar-refractivity contribution in [3.63, 3.8) is 0 Å². The number of rotatable bonds is 4. The van der Waals surface area contributed by atoms with Crippen LogP contribution in [0.5, 0.6) is 0 Å². The monoisotopic (exact) mass is 214 g/mol. The van der Waals surface area contributed by atoms with Crippen LogP contribution in [0.1, 0.15) is 26.7 Å². The van der Waals surface area contributed by atoms with Crippen molar-refractivity contribution >= 4 is 11.9 Å². The number of nitrogens with two attached hydrogens (primary N) is 1. The van der Waals surface area contributed by atoms with Crippen LogP contribution in [-0.2, 0) is 14.3 Å². The van der Waals surface area contributed by atoms with Gasteiger partial charge in [0.25, 0.3) is 0 Å². The first kappa shape index (κ1) is 12.0. The lowest BCUT2D eigenvalue weighted by Gasteiger charge is -2.48. The van der Waals surface area contributed by atoms with Crippen molar-refractivity contribution < 1.29 is 14.3 Å². The van der Waals surface area contributed by atoms with Gasteiger partial charge in [-0.3, -0.25) is 14.5 Å². The summed E-state index contributed by atoms with van der Waals surface area (Å²) in [7, 11) is 1.37. The maximum atomic E-state index is 11.4. The molecule has 0 radical (unpaired) electrons. The van der Waals surface area contributed by atoms with Crippen molar-refractivity contribution in [2.45, 2.75) is 38.3 Å². The Hall–Kier alpha value is -1.10. The third-order valence-electron chi connectivity index (χ3n) is 2.88. The van der Waals surface area contributed by atoms with Crippen LogP contribution in [0.3, 0.4) is 0 Å². The Kier molecular flexibility index (Phi) is 3.34. The molecule has 1 amide bonds. The highest BCUT2D eigenvalue weighted by molar-refractivity contribution is 5.78. The summed E-state index contributed by atoms with van der Waals surface area (Å²) in [5, 5.41) is 0. The second-order valence-corrected chi connectivity index (χ2v) is 4.48. The van der Waals surface area contributed by atoms with Crippen LogP contribution < -0.4 is 5.73 Å². The fourth-order valence-electron chi connectivity index (χ4n) is 2.02. The third kappa shape index (κ3) is 2.47. The number of ether oxygens (including phenoxy) is 1. The first-order valence-corrected chi connectivity index (χ1v) is 5.01. The highest BCUT2D eigenvalue weighted by Gasteiger charge is 2.43. The van der Waals surface area contributed by atoms with Crippen LogP contribution in [0.4, 0.5) is 0 Å². The number of hydrogen-bond acceptors (Lipinski definition) is 4. The Morgan fingerprint density at radius 3 is 2.47 bits per heavy atom. The molecule has 0 aromatic rings. The van der Waals surface area contributed by atoms with Gasteiger partial charge in [0.05, 0.1) is 7.11 Å². The molecule has 2 N–H and O–H groups in total. The summed E-state index contributed by atoms with van der Waals surface area (Å²) in [5.41, 5.74) is 4.80. The van der Waals surface area contributed by atoms with Gasteiger partial charge >= 0.3 is 5.97 Å². The summed E-state index contributed by atoms with van der Waals surface area (Å²) in [6.07, 6.45) is 1.04. The van der Waals surface area contributed by atoms with Gasteiger partial charge in [-0.1, -0.05) is 0 Å². The molecule has 5 nitrogen and oxygen atoms in total. The van der Waals surface area contributed by atoms with E-state index in [0.717, 1.165) is 13.0 Å². The summed E-state index contributed by atoms with van der Waals surface area (Å²) in [5.74, 6) is -0.589. The van der Waals surface area contributed by atoms with E-state index in [0.29, 0.717) is 0 Å². The molecule has 1 aliphatic rings. The van der Waals surface area contributed by atoms with Crippen LogP contribution in [0.15, 0.2) is 0 Å². The Morgan fingerprint density at radius 2 is 2.13 bits per heavy atom. The van der Waals surface area contributed by atoms with Crippen LogP contribution in [0.2, 0.25) is 0 Å². The molecule has 15 heavy (non-hydrogen) atoms. The Bertz CT molecular complexity index is 276. The van der Waals surface area contributed by atoms with Gasteiger partial charge in [0.15, 0.2) is 0 Å². The van der Waals surface area contributed by atoms with E-state index in [1.807, 2.05) is 18.7 Å². The highest BCUT2D eigenvalue weighted by atomic mass is 16.5. The molecule has 0 saturated carbocycles. The van der Waals surface area contributed by atoms with Crippen LogP contribution >= 0.6 is 0 Å². The van der Waals surface area contributed by atoms with Crippen molar-refractivity contribution in [1.82, 2.24) is 4.90 Å². The summed E-state index contributed by atoms with van der Waals surface area (Å²) >= 11 is 0. The molecule has 0 aromatic carbocycles. The number of methoxy groups -OCH3 is 1. The minimum Gasteiger partial charge on any atom is -0.468 e. The molecular weight excluding hydrogens is 196 g/mol. The molecule has 0 aromatic heterocycles. The van der Waals surface area contributed by atoms with Crippen LogP contribution in [0.25, 0.3) is 0 Å². The molecule has 0 bridgehead atoms. The van der Waals surface area contributed by atoms with E-state index in [9.17, 15) is 9.59 Å². The van der Waals surface area contributed by atoms with Gasteiger partial charge in [-0.25, -0.2) is 0 Å². The van der Waals surface area contributed by atoms with Crippen molar-refractivity contribution in [2.75, 3.05) is 13.7 Å². The SMILES string of the molecule is COC(=O)C1CCN1C(C)(C)CC(N)=O. The lowest BCUT2D eigenvalue weighted by molar-refractivity contribution is -0.158. The van der Waals surface area contributed by atoms with Crippen molar-refractivity contribution in [3.05, 3.63) is 0 Å². The van der Waals surface area contributed by atoms with E-state index in [1.54, 1.807) is 0 Å². The summed E-state index contributed by atoms with van der Waals surface area (Å²) in [6.45, 7) is 4.62. The molecular formula is C10H18N2O3. The van der Waals surface area contributed by atoms with E-state index in [1.165, 1.54) is 7.11 Å². The van der Waals surface area contributed by atoms with Gasteiger partial charge < -0.3 is 10.5 Å². The van der Waals surface area contributed by atoms with Crippen LogP contribution in [0, 0.1) is 0 Å². The van der Waals surface area contributed by atoms with E-state index < -0.39 is 0 Å². The minimum absolute atomic E-state index is 0.218. The van der Waals surface area contributed by atoms with Crippen molar-refractivity contribution in [3.8, 4) is 0 Å². The van der Waals surface area contributed by atoms with E-state index >= 15 is 0 Å². The fourth-order valence-corrected chi connectivity index (χ4v) is 2.02. The van der Waals surface area contributed by atoms with Gasteiger partial charge in [-0.05, 0) is 20.3 Å². The zero-order valence-electron chi connectivity index (χ0n) is 9.45. The van der Waals surface area contributed by atoms with Gasteiger partial charge in [-0.15, -0.1) is 0 Å². The number of esters is 1. The fraction of sp³-hybridized carbons (Fsp3) is 0.800. The quantitative estimate of drug-likeness (QED) is 0.663. The second kappa shape index (κ2) is 4.18. The lowest BCUT2D eigenvalue weighted by atomic mass is 9.89. The molecule has 1 atom stereocenters. The molecule has 1 heterocycles. The zero-order chi connectivity index (χ0) is 11.6. The molecule has 1 unspecified atom stereocenters. The molecule has 0 aliphatic carbocycles. The third-order valence-corrected chi connectivity index (χ3v) is 2.88. The van der Waals surface area contributed by atoms with Crippen molar-refractivity contribution in [1.29, 1.82) is 0 Å². The predicted molar refractivity (Wildman–Crippen MR) is 55.0 cm³/mol. The number of likely N-dealkylation sites (tertiary alicyclic amines) is 1. The van der Waals surface area contributed by atoms with E-state index in [2.05, 4.69) is 4.74 Å². The predicted octanol–water partition coefficient (Wildman–Crippen LogP) is -0.112. The number of carbonyl (C=O) groups excluding carboxylic acids is 2. The Labute approximate surface area is 89.6 Å². The maximum Gasteiger partial charge on any atom is 0.323 e. The number of nitrogens with zero attached hydrogens (tertiary/aromatic N) is 1. The van der Waals surface area contributed by atoms with Gasteiger partial charge in [0.2, 0.25) is 5.91 Å². The number of carbonyl (C=O) groups is 2. The number of hydrogen-bond donors (Lipinski definition) is 1. The molecule has 1 fully saturated rings. The molecule has 1 aliphatic heterocycles. The standard InChI is InChI=1S/C10H18N2O3/c1-10(2,6-8(11)13)12-5-4-7(12)9(14)15-3/h7H,4-6H2,1-3H3,(H2,11,13). The zero-order valence-corrected chi connectivity index (χ0v) is 9.45. The molecule has 86 valence electrons.